The molecule has 1 aliphatic rings. The number of nitrogens with one attached hydrogen (secondary N) is 1. The molecule has 0 aromatic carbocycles. The molecule has 1 aromatic rings. The van der Waals surface area contributed by atoms with Crippen LogP contribution in [0.25, 0.3) is 0 Å². The molecule has 4 nitrogen and oxygen atoms in total. The predicted molar refractivity (Wildman–Crippen MR) is 72.8 cm³/mol. The number of rotatable bonds is 5. The van der Waals surface area contributed by atoms with Gasteiger partial charge in [-0.25, -0.2) is 9.97 Å². The van der Waals surface area contributed by atoms with Gasteiger partial charge < -0.3 is 10.1 Å². The molecular formula is C14H23N3O. The SMILES string of the molecule is CCCOc1cc(NC2CCC(C)C2C)ncn1. The molecule has 2 rings (SSSR count). The van der Waals surface area contributed by atoms with Gasteiger partial charge in [0.1, 0.15) is 12.1 Å². The van der Waals surface area contributed by atoms with Crippen molar-refractivity contribution in [3.8, 4) is 5.88 Å². The molecule has 0 amide bonds. The highest BCUT2D eigenvalue weighted by Crippen LogP contribution is 2.33. The number of aromatic nitrogens is 2. The molecule has 1 saturated carbocycles. The summed E-state index contributed by atoms with van der Waals surface area (Å²) in [6.07, 6.45) is 5.07. The Morgan fingerprint density at radius 3 is 2.83 bits per heavy atom. The van der Waals surface area contributed by atoms with Gasteiger partial charge in [-0.3, -0.25) is 0 Å². The van der Waals surface area contributed by atoms with Crippen molar-refractivity contribution in [1.82, 2.24) is 9.97 Å². The first-order chi connectivity index (χ1) is 8.70. The molecule has 0 aliphatic heterocycles. The maximum Gasteiger partial charge on any atom is 0.218 e. The Bertz CT molecular complexity index is 383. The van der Waals surface area contributed by atoms with Crippen molar-refractivity contribution >= 4 is 5.82 Å². The topological polar surface area (TPSA) is 47.0 Å². The Kier molecular flexibility index (Phi) is 4.39. The van der Waals surface area contributed by atoms with E-state index in [1.807, 2.05) is 6.07 Å². The Hall–Kier alpha value is -1.32. The lowest BCUT2D eigenvalue weighted by molar-refractivity contribution is 0.305. The molecule has 100 valence electrons. The largest absolute Gasteiger partial charge is 0.478 e. The molecular weight excluding hydrogens is 226 g/mol. The van der Waals surface area contributed by atoms with E-state index in [4.69, 9.17) is 4.74 Å². The Balaban J connectivity index is 1.96. The number of nitrogens with zero attached hydrogens (tertiary/aromatic N) is 2. The normalized spacial score (nSPS) is 27.2. The van der Waals surface area contributed by atoms with Gasteiger partial charge >= 0.3 is 0 Å². The van der Waals surface area contributed by atoms with Crippen LogP contribution in [0, 0.1) is 11.8 Å². The molecule has 0 bridgehead atoms. The van der Waals surface area contributed by atoms with Crippen LogP contribution in [0.2, 0.25) is 0 Å². The van der Waals surface area contributed by atoms with Crippen LogP contribution in [0.5, 0.6) is 5.88 Å². The minimum Gasteiger partial charge on any atom is -0.478 e. The molecule has 0 spiro atoms. The summed E-state index contributed by atoms with van der Waals surface area (Å²) in [7, 11) is 0. The zero-order valence-electron chi connectivity index (χ0n) is 11.5. The van der Waals surface area contributed by atoms with Crippen molar-refractivity contribution in [2.45, 2.75) is 46.1 Å². The van der Waals surface area contributed by atoms with Crippen molar-refractivity contribution in [3.63, 3.8) is 0 Å². The van der Waals surface area contributed by atoms with Crippen molar-refractivity contribution in [3.05, 3.63) is 12.4 Å². The van der Waals surface area contributed by atoms with E-state index in [9.17, 15) is 0 Å². The third-order valence-electron chi connectivity index (χ3n) is 3.89. The first-order valence-corrected chi connectivity index (χ1v) is 6.92. The number of ether oxygens (including phenoxy) is 1. The van der Waals surface area contributed by atoms with Crippen LogP contribution in [0.3, 0.4) is 0 Å². The second-order valence-corrected chi connectivity index (χ2v) is 5.25. The smallest absolute Gasteiger partial charge is 0.218 e. The van der Waals surface area contributed by atoms with Gasteiger partial charge in [0.25, 0.3) is 0 Å². The number of anilines is 1. The first-order valence-electron chi connectivity index (χ1n) is 6.92. The fourth-order valence-corrected chi connectivity index (χ4v) is 2.46. The summed E-state index contributed by atoms with van der Waals surface area (Å²) >= 11 is 0. The monoisotopic (exact) mass is 249 g/mol. The quantitative estimate of drug-likeness (QED) is 0.871. The van der Waals surface area contributed by atoms with Crippen molar-refractivity contribution in [2.24, 2.45) is 11.8 Å². The van der Waals surface area contributed by atoms with Gasteiger partial charge in [-0.1, -0.05) is 20.8 Å². The predicted octanol–water partition coefficient (Wildman–Crippen LogP) is 3.11. The molecule has 0 radical (unpaired) electrons. The Morgan fingerprint density at radius 1 is 1.33 bits per heavy atom. The summed E-state index contributed by atoms with van der Waals surface area (Å²) in [5, 5.41) is 3.51. The fraction of sp³-hybridized carbons (Fsp3) is 0.714. The van der Waals surface area contributed by atoms with Crippen LogP contribution in [0.15, 0.2) is 12.4 Å². The third-order valence-corrected chi connectivity index (χ3v) is 3.89. The average molecular weight is 249 g/mol. The zero-order chi connectivity index (χ0) is 13.0. The zero-order valence-corrected chi connectivity index (χ0v) is 11.5. The molecule has 3 atom stereocenters. The molecule has 1 aliphatic carbocycles. The number of hydrogen-bond acceptors (Lipinski definition) is 4. The molecule has 18 heavy (non-hydrogen) atoms. The third kappa shape index (κ3) is 3.12. The van der Waals surface area contributed by atoms with Crippen LogP contribution >= 0.6 is 0 Å². The molecule has 4 heteroatoms. The van der Waals surface area contributed by atoms with E-state index in [1.54, 1.807) is 6.33 Å². The van der Waals surface area contributed by atoms with Crippen molar-refractivity contribution in [1.29, 1.82) is 0 Å². The van der Waals surface area contributed by atoms with Crippen LogP contribution in [0.1, 0.15) is 40.0 Å². The van der Waals surface area contributed by atoms with E-state index in [0.717, 1.165) is 18.2 Å². The average Bonchev–Trinajstić information content (AvgIpc) is 2.69. The summed E-state index contributed by atoms with van der Waals surface area (Å²) < 4.78 is 5.52. The van der Waals surface area contributed by atoms with Crippen LogP contribution in [-0.2, 0) is 0 Å². The lowest BCUT2D eigenvalue weighted by Gasteiger charge is -2.20. The highest BCUT2D eigenvalue weighted by Gasteiger charge is 2.29. The summed E-state index contributed by atoms with van der Waals surface area (Å²) in [5.41, 5.74) is 0. The lowest BCUT2D eigenvalue weighted by Crippen LogP contribution is -2.24. The molecule has 1 aromatic heterocycles. The van der Waals surface area contributed by atoms with E-state index in [0.29, 0.717) is 24.4 Å². The van der Waals surface area contributed by atoms with Gasteiger partial charge in [0.2, 0.25) is 5.88 Å². The van der Waals surface area contributed by atoms with Crippen molar-refractivity contribution < 1.29 is 4.74 Å². The second-order valence-electron chi connectivity index (χ2n) is 5.25. The van der Waals surface area contributed by atoms with Gasteiger partial charge in [0.15, 0.2) is 0 Å². The summed E-state index contributed by atoms with van der Waals surface area (Å²) in [4.78, 5) is 8.38. The molecule has 1 heterocycles. The van der Waals surface area contributed by atoms with Crippen LogP contribution in [0.4, 0.5) is 5.82 Å². The molecule has 1 N–H and O–H groups in total. The Morgan fingerprint density at radius 2 is 2.17 bits per heavy atom. The minimum atomic E-state index is 0.522. The van der Waals surface area contributed by atoms with E-state index in [2.05, 4.69) is 36.1 Å². The molecule has 1 fully saturated rings. The van der Waals surface area contributed by atoms with E-state index < -0.39 is 0 Å². The van der Waals surface area contributed by atoms with Gasteiger partial charge in [-0.2, -0.15) is 0 Å². The van der Waals surface area contributed by atoms with E-state index in [1.165, 1.54) is 12.8 Å². The lowest BCUT2D eigenvalue weighted by atomic mass is 9.98. The second kappa shape index (κ2) is 6.03. The highest BCUT2D eigenvalue weighted by atomic mass is 16.5. The van der Waals surface area contributed by atoms with Gasteiger partial charge in [0.05, 0.1) is 6.61 Å². The first kappa shape index (κ1) is 13.1. The van der Waals surface area contributed by atoms with Gasteiger partial charge in [-0.05, 0) is 31.1 Å². The van der Waals surface area contributed by atoms with E-state index >= 15 is 0 Å². The standard InChI is InChI=1S/C14H23N3O/c1-4-7-18-14-8-13(15-9-16-14)17-12-6-5-10(2)11(12)3/h8-12H,4-7H2,1-3H3,(H,15,16,17). The Labute approximate surface area is 109 Å². The maximum atomic E-state index is 5.52. The van der Waals surface area contributed by atoms with Crippen molar-refractivity contribution in [2.75, 3.05) is 11.9 Å². The maximum absolute atomic E-state index is 5.52. The highest BCUT2D eigenvalue weighted by molar-refractivity contribution is 5.38. The number of hydrogen-bond donors (Lipinski definition) is 1. The molecule has 3 unspecified atom stereocenters. The summed E-state index contributed by atoms with van der Waals surface area (Å²) in [6.45, 7) is 7.42. The van der Waals surface area contributed by atoms with Gasteiger partial charge in [-0.15, -0.1) is 0 Å². The fourth-order valence-electron chi connectivity index (χ4n) is 2.46. The van der Waals surface area contributed by atoms with Crippen LogP contribution in [-0.4, -0.2) is 22.6 Å². The summed E-state index contributed by atoms with van der Waals surface area (Å²) in [6, 6.07) is 2.42. The van der Waals surface area contributed by atoms with E-state index in [-0.39, 0.29) is 0 Å². The molecule has 0 saturated heterocycles. The summed E-state index contributed by atoms with van der Waals surface area (Å²) in [5.74, 6) is 3.02. The minimum absolute atomic E-state index is 0.522. The van der Waals surface area contributed by atoms with Gasteiger partial charge in [0, 0.05) is 12.1 Å². The van der Waals surface area contributed by atoms with Crippen LogP contribution < -0.4 is 10.1 Å².